The monoisotopic (exact) mass is 280 g/mol. The lowest BCUT2D eigenvalue weighted by Gasteiger charge is -2.33. The molecule has 2 unspecified atom stereocenters. The molecule has 2 saturated heterocycles. The molecule has 2 aliphatic heterocycles. The van der Waals surface area contributed by atoms with E-state index in [9.17, 15) is 4.79 Å². The maximum absolute atomic E-state index is 11.6. The van der Waals surface area contributed by atoms with Gasteiger partial charge in [0, 0.05) is 31.7 Å². The summed E-state index contributed by atoms with van der Waals surface area (Å²) in [6, 6.07) is 8.09. The fourth-order valence-electron chi connectivity index (χ4n) is 2.81. The second-order valence-corrected chi connectivity index (χ2v) is 5.68. The topological polar surface area (TPSA) is 32.8 Å². The van der Waals surface area contributed by atoms with E-state index in [0.29, 0.717) is 0 Å². The van der Waals surface area contributed by atoms with E-state index in [4.69, 9.17) is 16.3 Å². The minimum atomic E-state index is 0.0783. The molecule has 1 aromatic rings. The number of morpholine rings is 1. The van der Waals surface area contributed by atoms with Crippen LogP contribution >= 0.6 is 11.6 Å². The Morgan fingerprint density at radius 1 is 1.32 bits per heavy atom. The highest BCUT2D eigenvalue weighted by Crippen LogP contribution is 2.24. The van der Waals surface area contributed by atoms with E-state index in [2.05, 4.69) is 4.90 Å². The van der Waals surface area contributed by atoms with E-state index >= 15 is 0 Å². The molecule has 102 valence electrons. The van der Waals surface area contributed by atoms with Gasteiger partial charge < -0.3 is 9.64 Å². The smallest absolute Gasteiger partial charge is 0.248 e. The Balaban J connectivity index is 1.65. The largest absolute Gasteiger partial charge is 0.365 e. The molecule has 0 saturated carbocycles. The molecule has 19 heavy (non-hydrogen) atoms. The standard InChI is InChI=1S/C14H17ClN2O2/c1-16-12-7-17(8-13(12)19-9-14(16)18)6-10-2-4-11(15)5-3-10/h2-5,12-13H,6-9H2,1H3. The van der Waals surface area contributed by atoms with Crippen molar-refractivity contribution in [3.05, 3.63) is 34.9 Å². The van der Waals surface area contributed by atoms with Crippen molar-refractivity contribution in [2.45, 2.75) is 18.7 Å². The molecule has 2 heterocycles. The highest BCUT2D eigenvalue weighted by molar-refractivity contribution is 6.30. The average Bonchev–Trinajstić information content (AvgIpc) is 2.80. The number of carbonyl (C=O) groups excluding carboxylic acids is 1. The van der Waals surface area contributed by atoms with E-state index in [1.807, 2.05) is 36.2 Å². The van der Waals surface area contributed by atoms with Crippen molar-refractivity contribution in [1.82, 2.24) is 9.80 Å². The van der Waals surface area contributed by atoms with Crippen LogP contribution < -0.4 is 0 Å². The molecular weight excluding hydrogens is 264 g/mol. The maximum Gasteiger partial charge on any atom is 0.248 e. The molecule has 3 rings (SSSR count). The molecule has 5 heteroatoms. The third kappa shape index (κ3) is 2.61. The summed E-state index contributed by atoms with van der Waals surface area (Å²) in [5.74, 6) is 0.0783. The van der Waals surface area contributed by atoms with Gasteiger partial charge in [0.1, 0.15) is 6.61 Å². The van der Waals surface area contributed by atoms with Crippen LogP contribution in [-0.4, -0.2) is 54.6 Å². The number of likely N-dealkylation sites (N-methyl/N-ethyl adjacent to an activating group) is 1. The van der Waals surface area contributed by atoms with E-state index in [-0.39, 0.29) is 24.7 Å². The van der Waals surface area contributed by atoms with Gasteiger partial charge in [-0.3, -0.25) is 9.69 Å². The van der Waals surface area contributed by atoms with Gasteiger partial charge >= 0.3 is 0 Å². The van der Waals surface area contributed by atoms with E-state index in [1.165, 1.54) is 5.56 Å². The fourth-order valence-corrected chi connectivity index (χ4v) is 2.94. The molecule has 0 aromatic heterocycles. The first kappa shape index (κ1) is 12.9. The summed E-state index contributed by atoms with van der Waals surface area (Å²) >= 11 is 5.89. The van der Waals surface area contributed by atoms with Gasteiger partial charge in [0.15, 0.2) is 0 Å². The number of benzene rings is 1. The molecule has 0 spiro atoms. The summed E-state index contributed by atoms with van der Waals surface area (Å²) in [4.78, 5) is 15.8. The SMILES string of the molecule is CN1C(=O)COC2CN(Cc3ccc(Cl)cc3)CC21. The number of hydrogen-bond donors (Lipinski definition) is 0. The van der Waals surface area contributed by atoms with Crippen LogP contribution in [-0.2, 0) is 16.1 Å². The Hall–Kier alpha value is -1.10. The molecule has 0 radical (unpaired) electrons. The zero-order chi connectivity index (χ0) is 13.4. The summed E-state index contributed by atoms with van der Waals surface area (Å²) in [5.41, 5.74) is 1.23. The Bertz CT molecular complexity index is 477. The molecule has 2 aliphatic rings. The molecule has 0 aliphatic carbocycles. The lowest BCUT2D eigenvalue weighted by atomic mass is 10.1. The number of rotatable bonds is 2. The van der Waals surface area contributed by atoms with Gasteiger partial charge in [-0.25, -0.2) is 0 Å². The molecule has 0 bridgehead atoms. The van der Waals surface area contributed by atoms with Gasteiger partial charge in [-0.1, -0.05) is 23.7 Å². The van der Waals surface area contributed by atoms with Crippen LogP contribution in [0.15, 0.2) is 24.3 Å². The first-order chi connectivity index (χ1) is 9.13. The second kappa shape index (κ2) is 5.12. The average molecular weight is 281 g/mol. The predicted molar refractivity (Wildman–Crippen MR) is 73.0 cm³/mol. The lowest BCUT2D eigenvalue weighted by molar-refractivity contribution is -0.150. The van der Waals surface area contributed by atoms with Crippen LogP contribution in [0.1, 0.15) is 5.56 Å². The maximum atomic E-state index is 11.6. The van der Waals surface area contributed by atoms with E-state index < -0.39 is 0 Å². The quantitative estimate of drug-likeness (QED) is 0.821. The minimum absolute atomic E-state index is 0.0783. The molecular formula is C14H17ClN2O2. The number of amides is 1. The van der Waals surface area contributed by atoms with Gasteiger partial charge in [-0.15, -0.1) is 0 Å². The van der Waals surface area contributed by atoms with Gasteiger partial charge in [0.25, 0.3) is 0 Å². The zero-order valence-electron chi connectivity index (χ0n) is 10.9. The first-order valence-electron chi connectivity index (χ1n) is 6.47. The van der Waals surface area contributed by atoms with Crippen molar-refractivity contribution in [3.8, 4) is 0 Å². The zero-order valence-corrected chi connectivity index (χ0v) is 11.6. The van der Waals surface area contributed by atoms with Crippen LogP contribution in [0.5, 0.6) is 0 Å². The van der Waals surface area contributed by atoms with Gasteiger partial charge in [-0.05, 0) is 17.7 Å². The summed E-state index contributed by atoms with van der Waals surface area (Å²) in [6.07, 6.45) is 0.148. The summed E-state index contributed by atoms with van der Waals surface area (Å²) in [6.45, 7) is 2.84. The van der Waals surface area contributed by atoms with Crippen molar-refractivity contribution >= 4 is 17.5 Å². The fraction of sp³-hybridized carbons (Fsp3) is 0.500. The Labute approximate surface area is 117 Å². The molecule has 1 aromatic carbocycles. The number of likely N-dealkylation sites (tertiary alicyclic amines) is 1. The van der Waals surface area contributed by atoms with Crippen LogP contribution in [0.2, 0.25) is 5.02 Å². The molecule has 2 fully saturated rings. The number of ether oxygens (including phenoxy) is 1. The number of hydrogen-bond acceptors (Lipinski definition) is 3. The summed E-state index contributed by atoms with van der Waals surface area (Å²) in [5, 5.41) is 0.757. The van der Waals surface area contributed by atoms with Crippen LogP contribution in [0.4, 0.5) is 0 Å². The van der Waals surface area contributed by atoms with Crippen molar-refractivity contribution in [2.24, 2.45) is 0 Å². The van der Waals surface area contributed by atoms with Gasteiger partial charge in [0.2, 0.25) is 5.91 Å². The number of carbonyl (C=O) groups is 1. The number of halogens is 1. The van der Waals surface area contributed by atoms with E-state index in [1.54, 1.807) is 0 Å². The van der Waals surface area contributed by atoms with Crippen LogP contribution in [0.25, 0.3) is 0 Å². The lowest BCUT2D eigenvalue weighted by Crippen LogP contribution is -2.51. The molecule has 1 amide bonds. The third-order valence-electron chi connectivity index (χ3n) is 3.94. The third-order valence-corrected chi connectivity index (χ3v) is 4.20. The Kier molecular flexibility index (Phi) is 3.48. The normalized spacial score (nSPS) is 27.7. The van der Waals surface area contributed by atoms with Crippen molar-refractivity contribution in [2.75, 3.05) is 26.7 Å². The van der Waals surface area contributed by atoms with E-state index in [0.717, 1.165) is 24.7 Å². The van der Waals surface area contributed by atoms with Crippen molar-refractivity contribution in [3.63, 3.8) is 0 Å². The molecule has 4 nitrogen and oxygen atoms in total. The van der Waals surface area contributed by atoms with Crippen molar-refractivity contribution < 1.29 is 9.53 Å². The van der Waals surface area contributed by atoms with Crippen LogP contribution in [0.3, 0.4) is 0 Å². The minimum Gasteiger partial charge on any atom is -0.365 e. The van der Waals surface area contributed by atoms with Crippen LogP contribution in [0, 0.1) is 0 Å². The predicted octanol–water partition coefficient (Wildman–Crippen LogP) is 1.38. The van der Waals surface area contributed by atoms with Gasteiger partial charge in [0.05, 0.1) is 12.1 Å². The Morgan fingerprint density at radius 2 is 2.05 bits per heavy atom. The molecule has 0 N–H and O–H groups in total. The highest BCUT2D eigenvalue weighted by atomic mass is 35.5. The molecule has 2 atom stereocenters. The number of fused-ring (bicyclic) bond motifs is 1. The van der Waals surface area contributed by atoms with Crippen molar-refractivity contribution in [1.29, 1.82) is 0 Å². The summed E-state index contributed by atoms with van der Waals surface area (Å²) in [7, 11) is 1.87. The highest BCUT2D eigenvalue weighted by Gasteiger charge is 2.41. The Morgan fingerprint density at radius 3 is 2.79 bits per heavy atom. The first-order valence-corrected chi connectivity index (χ1v) is 6.85. The number of nitrogens with zero attached hydrogens (tertiary/aromatic N) is 2. The second-order valence-electron chi connectivity index (χ2n) is 5.24. The summed E-state index contributed by atoms with van der Waals surface area (Å²) < 4.78 is 5.62. The van der Waals surface area contributed by atoms with Gasteiger partial charge in [-0.2, -0.15) is 0 Å².